The van der Waals surface area contributed by atoms with Gasteiger partial charge in [-0.15, -0.1) is 0 Å². The van der Waals surface area contributed by atoms with Crippen LogP contribution in [0.4, 0.5) is 5.69 Å². The molecule has 1 aromatic carbocycles. The van der Waals surface area contributed by atoms with Gasteiger partial charge in [0.25, 0.3) is 0 Å². The number of rotatable bonds is 5. The van der Waals surface area contributed by atoms with Crippen LogP contribution in [0.1, 0.15) is 5.76 Å². The van der Waals surface area contributed by atoms with Gasteiger partial charge in [-0.25, -0.2) is 0 Å². The third-order valence-electron chi connectivity index (χ3n) is 2.56. The Balaban J connectivity index is 2.13. The molecule has 0 bridgehead atoms. The minimum absolute atomic E-state index is 0.549. The van der Waals surface area contributed by atoms with E-state index in [1.165, 1.54) is 0 Å². The summed E-state index contributed by atoms with van der Waals surface area (Å²) in [5, 5.41) is 3.26. The minimum Gasteiger partial charge on any atom is -0.497 e. The molecule has 1 heterocycles. The monoisotopic (exact) mass is 389 g/mol. The normalized spacial score (nSPS) is 10.3. The molecular formula is C13H13Br2NO3. The van der Waals surface area contributed by atoms with Gasteiger partial charge in [0.2, 0.25) is 0 Å². The summed E-state index contributed by atoms with van der Waals surface area (Å²) < 4.78 is 17.6. The van der Waals surface area contributed by atoms with E-state index < -0.39 is 0 Å². The Labute approximate surface area is 128 Å². The van der Waals surface area contributed by atoms with Crippen molar-refractivity contribution >= 4 is 37.5 Å². The van der Waals surface area contributed by atoms with Crippen molar-refractivity contribution in [3.8, 4) is 11.5 Å². The largest absolute Gasteiger partial charge is 0.497 e. The number of benzene rings is 1. The SMILES string of the molecule is COc1ccc(OC)c(NCc2cc(Br)c(Br)o2)c1. The van der Waals surface area contributed by atoms with E-state index in [2.05, 4.69) is 37.2 Å². The van der Waals surface area contributed by atoms with E-state index in [1.54, 1.807) is 14.2 Å². The molecule has 0 aliphatic heterocycles. The fourth-order valence-electron chi connectivity index (χ4n) is 1.61. The predicted octanol–water partition coefficient (Wildman–Crippen LogP) is 4.43. The summed E-state index contributed by atoms with van der Waals surface area (Å²) in [5.74, 6) is 2.33. The van der Waals surface area contributed by atoms with Gasteiger partial charge in [-0.1, -0.05) is 0 Å². The number of anilines is 1. The summed E-state index contributed by atoms with van der Waals surface area (Å²) in [5.41, 5.74) is 0.852. The molecular weight excluding hydrogens is 378 g/mol. The third kappa shape index (κ3) is 3.45. The highest BCUT2D eigenvalue weighted by Gasteiger charge is 2.08. The Bertz CT molecular complexity index is 550. The second-order valence-electron chi connectivity index (χ2n) is 3.75. The zero-order valence-corrected chi connectivity index (χ0v) is 13.7. The Hall–Kier alpha value is -1.14. The average molecular weight is 391 g/mol. The van der Waals surface area contributed by atoms with E-state index in [-0.39, 0.29) is 0 Å². The topological polar surface area (TPSA) is 43.6 Å². The number of hydrogen-bond acceptors (Lipinski definition) is 4. The lowest BCUT2D eigenvalue weighted by Crippen LogP contribution is -2.01. The molecule has 2 rings (SSSR count). The van der Waals surface area contributed by atoms with Gasteiger partial charge < -0.3 is 19.2 Å². The van der Waals surface area contributed by atoms with Crippen LogP contribution < -0.4 is 14.8 Å². The first-order chi connectivity index (χ1) is 9.13. The molecule has 1 aromatic heterocycles. The molecule has 0 unspecified atom stereocenters. The van der Waals surface area contributed by atoms with Gasteiger partial charge >= 0.3 is 0 Å². The molecule has 19 heavy (non-hydrogen) atoms. The fraction of sp³-hybridized carbons (Fsp3) is 0.231. The molecule has 0 radical (unpaired) electrons. The summed E-state index contributed by atoms with van der Waals surface area (Å²) >= 11 is 6.69. The highest BCUT2D eigenvalue weighted by molar-refractivity contribution is 9.13. The zero-order valence-electron chi connectivity index (χ0n) is 10.5. The molecule has 6 heteroatoms. The van der Waals surface area contributed by atoms with Crippen LogP contribution in [0.3, 0.4) is 0 Å². The number of halogens is 2. The fourth-order valence-corrected chi connectivity index (χ4v) is 2.27. The Kier molecular flexibility index (Phi) is 4.76. The maximum atomic E-state index is 5.50. The summed E-state index contributed by atoms with van der Waals surface area (Å²) in [4.78, 5) is 0. The highest BCUT2D eigenvalue weighted by atomic mass is 79.9. The van der Waals surface area contributed by atoms with Crippen molar-refractivity contribution < 1.29 is 13.9 Å². The first-order valence-corrected chi connectivity index (χ1v) is 7.12. The lowest BCUT2D eigenvalue weighted by Gasteiger charge is -2.11. The van der Waals surface area contributed by atoms with Gasteiger partial charge in [0.05, 0.1) is 30.9 Å². The molecule has 0 fully saturated rings. The molecule has 2 aromatic rings. The standard InChI is InChI=1S/C13H13Br2NO3/c1-17-8-3-4-12(18-2)11(6-8)16-7-9-5-10(14)13(15)19-9/h3-6,16H,7H2,1-2H3. The van der Waals surface area contributed by atoms with E-state index in [9.17, 15) is 0 Å². The summed E-state index contributed by atoms with van der Waals surface area (Å²) in [6.45, 7) is 0.549. The molecule has 0 amide bonds. The molecule has 0 aliphatic carbocycles. The molecule has 102 valence electrons. The maximum absolute atomic E-state index is 5.50. The van der Waals surface area contributed by atoms with E-state index in [0.717, 1.165) is 27.4 Å². The lowest BCUT2D eigenvalue weighted by atomic mass is 10.2. The van der Waals surface area contributed by atoms with E-state index in [1.807, 2.05) is 24.3 Å². The number of ether oxygens (including phenoxy) is 2. The zero-order chi connectivity index (χ0) is 13.8. The Morgan fingerprint density at radius 1 is 1.16 bits per heavy atom. The molecule has 4 nitrogen and oxygen atoms in total. The van der Waals surface area contributed by atoms with Crippen molar-refractivity contribution in [1.29, 1.82) is 0 Å². The van der Waals surface area contributed by atoms with Crippen LogP contribution in [-0.2, 0) is 6.54 Å². The van der Waals surface area contributed by atoms with Gasteiger partial charge in [-0.05, 0) is 50.1 Å². The van der Waals surface area contributed by atoms with E-state index >= 15 is 0 Å². The number of furan rings is 1. The van der Waals surface area contributed by atoms with Crippen molar-refractivity contribution in [1.82, 2.24) is 0 Å². The number of nitrogens with one attached hydrogen (secondary N) is 1. The van der Waals surface area contributed by atoms with Crippen LogP contribution >= 0.6 is 31.9 Å². The van der Waals surface area contributed by atoms with Crippen LogP contribution in [0, 0.1) is 0 Å². The summed E-state index contributed by atoms with van der Waals surface area (Å²) in [7, 11) is 3.26. The van der Waals surface area contributed by atoms with Gasteiger partial charge in [0.15, 0.2) is 4.67 Å². The van der Waals surface area contributed by atoms with Crippen LogP contribution in [0.5, 0.6) is 11.5 Å². The first-order valence-electron chi connectivity index (χ1n) is 5.53. The van der Waals surface area contributed by atoms with Crippen molar-refractivity contribution in [2.45, 2.75) is 6.54 Å². The van der Waals surface area contributed by atoms with Gasteiger partial charge in [-0.2, -0.15) is 0 Å². The summed E-state index contributed by atoms with van der Waals surface area (Å²) in [6.07, 6.45) is 0. The average Bonchev–Trinajstić information content (AvgIpc) is 2.75. The Morgan fingerprint density at radius 3 is 2.53 bits per heavy atom. The number of hydrogen-bond donors (Lipinski definition) is 1. The predicted molar refractivity (Wildman–Crippen MR) is 81.0 cm³/mol. The quantitative estimate of drug-likeness (QED) is 0.819. The molecule has 0 atom stereocenters. The molecule has 1 N–H and O–H groups in total. The molecule has 0 spiro atoms. The Morgan fingerprint density at radius 2 is 1.95 bits per heavy atom. The van der Waals surface area contributed by atoms with Crippen LogP contribution in [0.25, 0.3) is 0 Å². The second kappa shape index (κ2) is 6.34. The van der Waals surface area contributed by atoms with Crippen LogP contribution in [-0.4, -0.2) is 14.2 Å². The van der Waals surface area contributed by atoms with E-state index in [0.29, 0.717) is 11.2 Å². The van der Waals surface area contributed by atoms with Gasteiger partial charge in [0, 0.05) is 6.07 Å². The number of methoxy groups -OCH3 is 2. The lowest BCUT2D eigenvalue weighted by molar-refractivity contribution is 0.404. The van der Waals surface area contributed by atoms with Gasteiger partial charge in [0.1, 0.15) is 17.3 Å². The van der Waals surface area contributed by atoms with Gasteiger partial charge in [-0.3, -0.25) is 0 Å². The first kappa shape index (κ1) is 14.3. The van der Waals surface area contributed by atoms with Crippen molar-refractivity contribution in [3.63, 3.8) is 0 Å². The van der Waals surface area contributed by atoms with E-state index in [4.69, 9.17) is 13.9 Å². The maximum Gasteiger partial charge on any atom is 0.183 e. The van der Waals surface area contributed by atoms with Crippen LogP contribution in [0.15, 0.2) is 37.8 Å². The van der Waals surface area contributed by atoms with Crippen molar-refractivity contribution in [2.24, 2.45) is 0 Å². The summed E-state index contributed by atoms with van der Waals surface area (Å²) in [6, 6.07) is 7.49. The molecule has 0 saturated carbocycles. The molecule has 0 aliphatic rings. The van der Waals surface area contributed by atoms with Crippen molar-refractivity contribution in [2.75, 3.05) is 19.5 Å². The minimum atomic E-state index is 0.549. The third-order valence-corrected chi connectivity index (χ3v) is 4.27. The smallest absolute Gasteiger partial charge is 0.183 e. The van der Waals surface area contributed by atoms with Crippen molar-refractivity contribution in [3.05, 3.63) is 39.2 Å². The molecule has 0 saturated heterocycles. The highest BCUT2D eigenvalue weighted by Crippen LogP contribution is 2.31. The van der Waals surface area contributed by atoms with Crippen LogP contribution in [0.2, 0.25) is 0 Å². The second-order valence-corrected chi connectivity index (χ2v) is 5.33.